The van der Waals surface area contributed by atoms with Crippen molar-refractivity contribution >= 4 is 5.78 Å². The maximum atomic E-state index is 12.5. The maximum absolute atomic E-state index is 12.5. The second-order valence-corrected chi connectivity index (χ2v) is 5.29. The fourth-order valence-electron chi connectivity index (χ4n) is 2.75. The van der Waals surface area contributed by atoms with Crippen molar-refractivity contribution in [2.24, 2.45) is 11.8 Å². The van der Waals surface area contributed by atoms with Gasteiger partial charge in [-0.1, -0.05) is 13.8 Å². The van der Waals surface area contributed by atoms with E-state index in [4.69, 9.17) is 4.74 Å². The Kier molecular flexibility index (Phi) is 3.85. The second-order valence-electron chi connectivity index (χ2n) is 5.29. The quantitative estimate of drug-likeness (QED) is 0.771. The summed E-state index contributed by atoms with van der Waals surface area (Å²) in [6.45, 7) is 9.07. The summed E-state index contributed by atoms with van der Waals surface area (Å²) in [6.07, 6.45) is 4.71. The Labute approximate surface area is 108 Å². The Balaban J connectivity index is 2.15. The number of carbonyl (C=O) groups excluding carboxylic acids is 1. The average Bonchev–Trinajstić information content (AvgIpc) is 2.86. The fourth-order valence-corrected chi connectivity index (χ4v) is 2.75. The van der Waals surface area contributed by atoms with Crippen LogP contribution < -0.4 is 0 Å². The first-order valence-electron chi connectivity index (χ1n) is 6.76. The minimum atomic E-state index is -0.0423. The van der Waals surface area contributed by atoms with E-state index in [1.807, 2.05) is 24.7 Å². The van der Waals surface area contributed by atoms with Crippen molar-refractivity contribution in [2.75, 3.05) is 0 Å². The summed E-state index contributed by atoms with van der Waals surface area (Å²) < 4.78 is 7.57. The molecule has 1 saturated heterocycles. The van der Waals surface area contributed by atoms with E-state index < -0.39 is 0 Å². The molecule has 18 heavy (non-hydrogen) atoms. The number of ketones is 1. The van der Waals surface area contributed by atoms with Gasteiger partial charge in [-0.2, -0.15) is 5.10 Å². The van der Waals surface area contributed by atoms with Crippen LogP contribution in [-0.4, -0.2) is 27.8 Å². The predicted molar refractivity (Wildman–Crippen MR) is 69.5 cm³/mol. The highest BCUT2D eigenvalue weighted by Gasteiger charge is 2.41. The molecular weight excluding hydrogens is 228 g/mol. The average molecular weight is 250 g/mol. The van der Waals surface area contributed by atoms with Gasteiger partial charge in [0.25, 0.3) is 0 Å². The highest BCUT2D eigenvalue weighted by Crippen LogP contribution is 2.34. The molecule has 100 valence electrons. The van der Waals surface area contributed by atoms with Crippen LogP contribution in [0.2, 0.25) is 0 Å². The normalized spacial score (nSPS) is 31.8. The van der Waals surface area contributed by atoms with Gasteiger partial charge in [-0.15, -0.1) is 0 Å². The van der Waals surface area contributed by atoms with Crippen LogP contribution in [0, 0.1) is 11.8 Å². The number of aromatic nitrogens is 2. The first kappa shape index (κ1) is 13.3. The zero-order valence-corrected chi connectivity index (χ0v) is 11.6. The molecule has 1 aromatic heterocycles. The number of aryl methyl sites for hydroxylation is 1. The smallest absolute Gasteiger partial charge is 0.172 e. The molecule has 4 unspecified atom stereocenters. The third-order valence-corrected chi connectivity index (χ3v) is 3.92. The van der Waals surface area contributed by atoms with E-state index in [-0.39, 0.29) is 29.8 Å². The van der Waals surface area contributed by atoms with Crippen molar-refractivity contribution in [3.8, 4) is 0 Å². The van der Waals surface area contributed by atoms with Gasteiger partial charge in [0.2, 0.25) is 0 Å². The van der Waals surface area contributed by atoms with Gasteiger partial charge in [-0.25, -0.2) is 0 Å². The van der Waals surface area contributed by atoms with Gasteiger partial charge in [0.05, 0.1) is 29.9 Å². The number of hydrogen-bond donors (Lipinski definition) is 0. The lowest BCUT2D eigenvalue weighted by atomic mass is 9.84. The third-order valence-electron chi connectivity index (χ3n) is 3.92. The van der Waals surface area contributed by atoms with Crippen LogP contribution in [0.3, 0.4) is 0 Å². The van der Waals surface area contributed by atoms with Gasteiger partial charge >= 0.3 is 0 Å². The Morgan fingerprint density at radius 3 is 2.67 bits per heavy atom. The summed E-state index contributed by atoms with van der Waals surface area (Å²) in [5, 5.41) is 4.22. The summed E-state index contributed by atoms with van der Waals surface area (Å²) >= 11 is 0. The molecule has 1 fully saturated rings. The molecule has 0 aromatic carbocycles. The van der Waals surface area contributed by atoms with Gasteiger partial charge in [0.1, 0.15) is 0 Å². The highest BCUT2D eigenvalue weighted by atomic mass is 16.5. The van der Waals surface area contributed by atoms with Gasteiger partial charge in [0, 0.05) is 12.7 Å². The van der Waals surface area contributed by atoms with E-state index in [2.05, 4.69) is 18.9 Å². The molecule has 2 heterocycles. The zero-order chi connectivity index (χ0) is 13.3. The van der Waals surface area contributed by atoms with Crippen LogP contribution in [-0.2, 0) is 11.3 Å². The Morgan fingerprint density at radius 2 is 2.11 bits per heavy atom. The number of hydrogen-bond acceptors (Lipinski definition) is 3. The molecule has 0 radical (unpaired) electrons. The van der Waals surface area contributed by atoms with Crippen molar-refractivity contribution in [2.45, 2.75) is 52.9 Å². The fraction of sp³-hybridized carbons (Fsp3) is 0.714. The summed E-state index contributed by atoms with van der Waals surface area (Å²) in [5.41, 5.74) is 0.713. The molecule has 1 aromatic rings. The standard InChI is InChI=1S/C14H22N2O2/c1-5-6-16-8-12(7-15-16)14(17)13-9(2)10(3)18-11(13)4/h7-11,13H,5-6H2,1-4H3. The van der Waals surface area contributed by atoms with E-state index in [0.717, 1.165) is 13.0 Å². The lowest BCUT2D eigenvalue weighted by Gasteiger charge is -2.15. The topological polar surface area (TPSA) is 44.1 Å². The minimum Gasteiger partial charge on any atom is -0.374 e. The number of ether oxygens (including phenoxy) is 1. The molecule has 0 aliphatic carbocycles. The van der Waals surface area contributed by atoms with Gasteiger partial charge in [-0.05, 0) is 26.2 Å². The van der Waals surface area contributed by atoms with E-state index in [1.54, 1.807) is 6.20 Å². The number of nitrogens with zero attached hydrogens (tertiary/aromatic N) is 2. The molecule has 0 N–H and O–H groups in total. The van der Waals surface area contributed by atoms with Gasteiger partial charge < -0.3 is 4.74 Å². The van der Waals surface area contributed by atoms with Gasteiger partial charge in [-0.3, -0.25) is 9.48 Å². The summed E-state index contributed by atoms with van der Waals surface area (Å²) in [5.74, 6) is 0.392. The summed E-state index contributed by atoms with van der Waals surface area (Å²) in [7, 11) is 0. The Hall–Kier alpha value is -1.16. The molecule has 1 aliphatic rings. The molecule has 0 saturated carbocycles. The maximum Gasteiger partial charge on any atom is 0.172 e. The highest BCUT2D eigenvalue weighted by molar-refractivity contribution is 5.98. The van der Waals surface area contributed by atoms with Crippen molar-refractivity contribution in [3.05, 3.63) is 18.0 Å². The summed E-state index contributed by atoms with van der Waals surface area (Å²) in [6, 6.07) is 0. The Morgan fingerprint density at radius 1 is 1.39 bits per heavy atom. The van der Waals surface area contributed by atoms with Crippen LogP contribution in [0.4, 0.5) is 0 Å². The minimum absolute atomic E-state index is 0.00275. The number of carbonyl (C=O) groups is 1. The van der Waals surface area contributed by atoms with Crippen LogP contribution in [0.25, 0.3) is 0 Å². The lowest BCUT2D eigenvalue weighted by molar-refractivity contribution is 0.0491. The first-order chi connectivity index (χ1) is 8.54. The third kappa shape index (κ3) is 2.34. The molecule has 4 atom stereocenters. The Bertz CT molecular complexity index is 427. The van der Waals surface area contributed by atoms with Gasteiger partial charge in [0.15, 0.2) is 5.78 Å². The van der Waals surface area contributed by atoms with Crippen LogP contribution in [0.15, 0.2) is 12.4 Å². The number of rotatable bonds is 4. The molecule has 4 nitrogen and oxygen atoms in total. The van der Waals surface area contributed by atoms with Crippen molar-refractivity contribution < 1.29 is 9.53 Å². The molecule has 1 aliphatic heterocycles. The van der Waals surface area contributed by atoms with E-state index in [1.165, 1.54) is 0 Å². The SMILES string of the molecule is CCCn1cc(C(=O)C2C(C)OC(C)C2C)cn1. The van der Waals surface area contributed by atoms with Crippen LogP contribution >= 0.6 is 0 Å². The van der Waals surface area contributed by atoms with E-state index in [0.29, 0.717) is 5.56 Å². The monoisotopic (exact) mass is 250 g/mol. The molecule has 0 spiro atoms. The molecule has 0 amide bonds. The zero-order valence-electron chi connectivity index (χ0n) is 11.6. The molecule has 4 heteroatoms. The molecule has 0 bridgehead atoms. The van der Waals surface area contributed by atoms with Crippen molar-refractivity contribution in [1.82, 2.24) is 9.78 Å². The largest absolute Gasteiger partial charge is 0.374 e. The van der Waals surface area contributed by atoms with Crippen molar-refractivity contribution in [1.29, 1.82) is 0 Å². The van der Waals surface area contributed by atoms with Crippen LogP contribution in [0.1, 0.15) is 44.5 Å². The van der Waals surface area contributed by atoms with Crippen LogP contribution in [0.5, 0.6) is 0 Å². The number of Topliss-reactive ketones (excluding diaryl/α,β-unsaturated/α-hetero) is 1. The lowest BCUT2D eigenvalue weighted by Crippen LogP contribution is -2.26. The van der Waals surface area contributed by atoms with E-state index in [9.17, 15) is 4.79 Å². The predicted octanol–water partition coefficient (Wildman–Crippen LogP) is 2.54. The first-order valence-corrected chi connectivity index (χ1v) is 6.76. The molecular formula is C14H22N2O2. The molecule has 2 rings (SSSR count). The van der Waals surface area contributed by atoms with Crippen molar-refractivity contribution in [3.63, 3.8) is 0 Å². The second kappa shape index (κ2) is 5.22. The summed E-state index contributed by atoms with van der Waals surface area (Å²) in [4.78, 5) is 12.5. The van der Waals surface area contributed by atoms with E-state index >= 15 is 0 Å².